The van der Waals surface area contributed by atoms with Crippen LogP contribution in [0.1, 0.15) is 36.8 Å². The van der Waals surface area contributed by atoms with E-state index in [-0.39, 0.29) is 18.0 Å². The van der Waals surface area contributed by atoms with Gasteiger partial charge in [0.1, 0.15) is 12.1 Å². The van der Waals surface area contributed by atoms with E-state index in [1.165, 1.54) is 7.11 Å². The number of ether oxygens (including phenoxy) is 1. The van der Waals surface area contributed by atoms with Crippen LogP contribution in [-0.2, 0) is 16.0 Å². The normalized spacial score (nSPS) is 17.5. The predicted molar refractivity (Wildman–Crippen MR) is 94.3 cm³/mol. The van der Waals surface area contributed by atoms with Gasteiger partial charge in [-0.25, -0.2) is 14.6 Å². The number of methoxy groups -OCH3 is 1. The van der Waals surface area contributed by atoms with Crippen LogP contribution in [0, 0.1) is 5.92 Å². The van der Waals surface area contributed by atoms with E-state index < -0.39 is 12.0 Å². The number of aromatic amines is 1. The summed E-state index contributed by atoms with van der Waals surface area (Å²) in [5.41, 5.74) is 2.75. The molecule has 0 bridgehead atoms. The van der Waals surface area contributed by atoms with Crippen molar-refractivity contribution in [2.24, 2.45) is 5.92 Å². The molecule has 2 amide bonds. The Hall–Kier alpha value is -2.90. The molecule has 0 saturated carbocycles. The molecule has 0 fully saturated rings. The van der Waals surface area contributed by atoms with Gasteiger partial charge in [0.05, 0.1) is 19.1 Å². The number of urea groups is 1. The average Bonchev–Trinajstić information content (AvgIpc) is 3.13. The number of imidazole rings is 1. The molecular formula is C18H23N5O3. The highest BCUT2D eigenvalue weighted by molar-refractivity contribution is 5.84. The third-order valence-electron chi connectivity index (χ3n) is 4.61. The SMILES string of the molecule is COC(=O)[C@@H](NC(=O)N1CCc2[nH]cnc2[C@H]1c1ccncc1)C(C)C. The number of aromatic nitrogens is 3. The maximum atomic E-state index is 13.0. The van der Waals surface area contributed by atoms with E-state index in [1.807, 2.05) is 26.0 Å². The molecule has 0 radical (unpaired) electrons. The summed E-state index contributed by atoms with van der Waals surface area (Å²) in [6, 6.07) is 2.39. The Morgan fingerprint density at radius 1 is 1.35 bits per heavy atom. The van der Waals surface area contributed by atoms with Gasteiger partial charge in [0.15, 0.2) is 0 Å². The van der Waals surface area contributed by atoms with E-state index in [0.717, 1.165) is 17.0 Å². The smallest absolute Gasteiger partial charge is 0.328 e. The van der Waals surface area contributed by atoms with Crippen molar-refractivity contribution in [3.05, 3.63) is 47.8 Å². The summed E-state index contributed by atoms with van der Waals surface area (Å²) in [6.07, 6.45) is 5.70. The molecule has 3 heterocycles. The Kier molecular flexibility index (Phi) is 5.20. The van der Waals surface area contributed by atoms with Crippen molar-refractivity contribution in [2.45, 2.75) is 32.4 Å². The third kappa shape index (κ3) is 3.40. The van der Waals surface area contributed by atoms with Crippen molar-refractivity contribution in [3.8, 4) is 0 Å². The van der Waals surface area contributed by atoms with Crippen LogP contribution < -0.4 is 5.32 Å². The first-order chi connectivity index (χ1) is 12.5. The van der Waals surface area contributed by atoms with Gasteiger partial charge < -0.3 is 19.9 Å². The largest absolute Gasteiger partial charge is 0.467 e. The minimum Gasteiger partial charge on any atom is -0.467 e. The van der Waals surface area contributed by atoms with Crippen molar-refractivity contribution in [2.75, 3.05) is 13.7 Å². The fraction of sp³-hybridized carbons (Fsp3) is 0.444. The molecule has 26 heavy (non-hydrogen) atoms. The topological polar surface area (TPSA) is 100 Å². The fourth-order valence-corrected chi connectivity index (χ4v) is 3.22. The number of H-pyrrole nitrogens is 1. The fourth-order valence-electron chi connectivity index (χ4n) is 3.22. The first-order valence-corrected chi connectivity index (χ1v) is 8.60. The lowest BCUT2D eigenvalue weighted by molar-refractivity contribution is -0.144. The molecule has 1 aliphatic rings. The molecular weight excluding hydrogens is 334 g/mol. The molecule has 3 rings (SSSR count). The number of esters is 1. The third-order valence-corrected chi connectivity index (χ3v) is 4.61. The van der Waals surface area contributed by atoms with E-state index in [9.17, 15) is 9.59 Å². The van der Waals surface area contributed by atoms with E-state index >= 15 is 0 Å². The molecule has 0 unspecified atom stereocenters. The van der Waals surface area contributed by atoms with E-state index in [1.54, 1.807) is 23.6 Å². The van der Waals surface area contributed by atoms with Crippen molar-refractivity contribution in [1.82, 2.24) is 25.2 Å². The monoisotopic (exact) mass is 357 g/mol. The summed E-state index contributed by atoms with van der Waals surface area (Å²) in [5, 5.41) is 2.82. The average molecular weight is 357 g/mol. The van der Waals surface area contributed by atoms with Gasteiger partial charge in [0, 0.05) is 31.1 Å². The second-order valence-corrected chi connectivity index (χ2v) is 6.59. The molecule has 8 heteroatoms. The van der Waals surface area contributed by atoms with Crippen molar-refractivity contribution in [1.29, 1.82) is 0 Å². The zero-order valence-corrected chi connectivity index (χ0v) is 15.1. The maximum Gasteiger partial charge on any atom is 0.328 e. The lowest BCUT2D eigenvalue weighted by Crippen LogP contribution is -2.53. The van der Waals surface area contributed by atoms with Gasteiger partial charge in [0.25, 0.3) is 0 Å². The number of carbonyl (C=O) groups is 2. The van der Waals surface area contributed by atoms with Gasteiger partial charge in [-0.1, -0.05) is 13.8 Å². The zero-order valence-electron chi connectivity index (χ0n) is 15.1. The molecule has 138 valence electrons. The Bertz CT molecular complexity index is 774. The lowest BCUT2D eigenvalue weighted by Gasteiger charge is -2.36. The van der Waals surface area contributed by atoms with Gasteiger partial charge in [0.2, 0.25) is 0 Å². The second-order valence-electron chi connectivity index (χ2n) is 6.59. The first kappa shape index (κ1) is 17.9. The van der Waals surface area contributed by atoms with Crippen LogP contribution in [0.15, 0.2) is 30.9 Å². The number of amides is 2. The standard InChI is InChI=1S/C18H23N5O3/c1-11(2)14(17(24)26-3)22-18(25)23-9-6-13-15(21-10-20-13)16(23)12-4-7-19-8-5-12/h4-5,7-8,10-11,14,16H,6,9H2,1-3H3,(H,20,21)(H,22,25)/t14-,16+/m0/s1. The summed E-state index contributed by atoms with van der Waals surface area (Å²) in [4.78, 5) is 38.3. The van der Waals surface area contributed by atoms with Crippen molar-refractivity contribution >= 4 is 12.0 Å². The van der Waals surface area contributed by atoms with Crippen molar-refractivity contribution in [3.63, 3.8) is 0 Å². The lowest BCUT2D eigenvalue weighted by atomic mass is 9.96. The number of fused-ring (bicyclic) bond motifs is 1. The Morgan fingerprint density at radius 3 is 2.73 bits per heavy atom. The second kappa shape index (κ2) is 7.55. The van der Waals surface area contributed by atoms with Gasteiger partial charge in [-0.05, 0) is 23.6 Å². The van der Waals surface area contributed by atoms with Gasteiger partial charge in [-0.15, -0.1) is 0 Å². The molecule has 2 aromatic rings. The molecule has 2 atom stereocenters. The number of pyridine rings is 1. The first-order valence-electron chi connectivity index (χ1n) is 8.60. The van der Waals surface area contributed by atoms with Crippen LogP contribution in [0.4, 0.5) is 4.79 Å². The van der Waals surface area contributed by atoms with Gasteiger partial charge in [-0.3, -0.25) is 4.98 Å². The molecule has 1 aliphatic heterocycles. The van der Waals surface area contributed by atoms with Gasteiger partial charge in [-0.2, -0.15) is 0 Å². The Morgan fingerprint density at radius 2 is 2.08 bits per heavy atom. The Balaban J connectivity index is 1.90. The number of hydrogen-bond acceptors (Lipinski definition) is 5. The van der Waals surface area contributed by atoms with E-state index in [0.29, 0.717) is 13.0 Å². The van der Waals surface area contributed by atoms with Crippen LogP contribution >= 0.6 is 0 Å². The highest BCUT2D eigenvalue weighted by atomic mass is 16.5. The highest BCUT2D eigenvalue weighted by Gasteiger charge is 2.36. The molecule has 8 nitrogen and oxygen atoms in total. The highest BCUT2D eigenvalue weighted by Crippen LogP contribution is 2.33. The van der Waals surface area contributed by atoms with Crippen LogP contribution in [0.2, 0.25) is 0 Å². The summed E-state index contributed by atoms with van der Waals surface area (Å²) in [6.45, 7) is 4.24. The number of nitrogens with one attached hydrogen (secondary N) is 2. The van der Waals surface area contributed by atoms with Gasteiger partial charge >= 0.3 is 12.0 Å². The van der Waals surface area contributed by atoms with Crippen molar-refractivity contribution < 1.29 is 14.3 Å². The molecule has 0 aromatic carbocycles. The summed E-state index contributed by atoms with van der Waals surface area (Å²) in [5.74, 6) is -0.539. The number of hydrogen-bond donors (Lipinski definition) is 2. The minimum atomic E-state index is -0.703. The van der Waals surface area contributed by atoms with Crippen LogP contribution in [-0.4, -0.2) is 51.5 Å². The molecule has 2 aromatic heterocycles. The van der Waals surface area contributed by atoms with Crippen LogP contribution in [0.5, 0.6) is 0 Å². The van der Waals surface area contributed by atoms with Crippen LogP contribution in [0.25, 0.3) is 0 Å². The molecule has 2 N–H and O–H groups in total. The molecule has 0 aliphatic carbocycles. The Labute approximate surface area is 152 Å². The predicted octanol–water partition coefficient (Wildman–Crippen LogP) is 1.66. The van der Waals surface area contributed by atoms with E-state index in [4.69, 9.17) is 4.74 Å². The van der Waals surface area contributed by atoms with E-state index in [2.05, 4.69) is 20.3 Å². The summed E-state index contributed by atoms with van der Waals surface area (Å²) < 4.78 is 4.82. The number of rotatable bonds is 4. The maximum absolute atomic E-state index is 13.0. The number of nitrogens with zero attached hydrogens (tertiary/aromatic N) is 3. The van der Waals surface area contributed by atoms with Crippen LogP contribution in [0.3, 0.4) is 0 Å². The summed E-state index contributed by atoms with van der Waals surface area (Å²) in [7, 11) is 1.32. The zero-order chi connectivity index (χ0) is 18.7. The quantitative estimate of drug-likeness (QED) is 0.811. The minimum absolute atomic E-state index is 0.0866. The summed E-state index contributed by atoms with van der Waals surface area (Å²) >= 11 is 0. The molecule has 0 saturated heterocycles. The number of carbonyl (C=O) groups excluding carboxylic acids is 2. The molecule has 0 spiro atoms.